The fourth-order valence-corrected chi connectivity index (χ4v) is 6.35. The molecule has 1 aromatic rings. The minimum atomic E-state index is -2.87. The summed E-state index contributed by atoms with van der Waals surface area (Å²) in [5, 5.41) is 9.14. The molecule has 0 bridgehead atoms. The minimum absolute atomic E-state index is 0.128. The van der Waals surface area contributed by atoms with Crippen LogP contribution in [0.1, 0.15) is 44.3 Å². The van der Waals surface area contributed by atoms with E-state index >= 15 is 0 Å². The van der Waals surface area contributed by atoms with Crippen LogP contribution in [0.4, 0.5) is 0 Å². The summed E-state index contributed by atoms with van der Waals surface area (Å²) in [6.07, 6.45) is 7.21. The molecular formula is C17H28N4O3S2. The van der Waals surface area contributed by atoms with Gasteiger partial charge in [-0.15, -0.1) is 10.2 Å². The summed E-state index contributed by atoms with van der Waals surface area (Å²) in [7, 11) is -0.983. The van der Waals surface area contributed by atoms with Crippen molar-refractivity contribution < 1.29 is 13.2 Å². The summed E-state index contributed by atoms with van der Waals surface area (Å²) in [5.41, 5.74) is 0. The number of aromatic nitrogens is 3. The minimum Gasteiger partial charge on any atom is -0.342 e. The number of amides is 1. The predicted molar refractivity (Wildman–Crippen MR) is 102 cm³/mol. The second-order valence-electron chi connectivity index (χ2n) is 7.37. The molecule has 0 aliphatic carbocycles. The SMILES string of the molecule is Cn1c(C[C@@H]2CCS(=O)(=O)C2)nnc1SCC(=O)N1CCCCCCC1. The number of carbonyl (C=O) groups is 1. The molecule has 2 fully saturated rings. The first-order valence-corrected chi connectivity index (χ1v) is 12.2. The van der Waals surface area contributed by atoms with Crippen LogP contribution in [0.3, 0.4) is 0 Å². The van der Waals surface area contributed by atoms with Crippen LogP contribution in [-0.2, 0) is 28.1 Å². The van der Waals surface area contributed by atoms with E-state index in [4.69, 9.17) is 0 Å². The van der Waals surface area contributed by atoms with Crippen molar-refractivity contribution in [1.82, 2.24) is 19.7 Å². The van der Waals surface area contributed by atoms with Crippen LogP contribution >= 0.6 is 11.8 Å². The van der Waals surface area contributed by atoms with E-state index in [0.29, 0.717) is 18.6 Å². The number of hydrogen-bond donors (Lipinski definition) is 0. The van der Waals surface area contributed by atoms with Crippen LogP contribution < -0.4 is 0 Å². The molecule has 2 aliphatic heterocycles. The molecule has 0 unspecified atom stereocenters. The molecule has 3 heterocycles. The Morgan fingerprint density at radius 1 is 1.15 bits per heavy atom. The van der Waals surface area contributed by atoms with Gasteiger partial charge in [-0.3, -0.25) is 4.79 Å². The molecule has 0 N–H and O–H groups in total. The van der Waals surface area contributed by atoms with Crippen molar-refractivity contribution in [2.45, 2.75) is 50.1 Å². The van der Waals surface area contributed by atoms with Gasteiger partial charge in [-0.2, -0.15) is 0 Å². The highest BCUT2D eigenvalue weighted by atomic mass is 32.2. The zero-order valence-corrected chi connectivity index (χ0v) is 17.0. The molecular weight excluding hydrogens is 372 g/mol. The fourth-order valence-electron chi connectivity index (χ4n) is 3.65. The first kappa shape index (κ1) is 19.7. The zero-order chi connectivity index (χ0) is 18.6. The summed E-state index contributed by atoms with van der Waals surface area (Å²) >= 11 is 1.42. The second kappa shape index (κ2) is 8.73. The Morgan fingerprint density at radius 3 is 2.50 bits per heavy atom. The van der Waals surface area contributed by atoms with E-state index in [1.807, 2.05) is 16.5 Å². The average Bonchev–Trinajstić information content (AvgIpc) is 3.08. The summed E-state index contributed by atoms with van der Waals surface area (Å²) in [4.78, 5) is 14.5. The molecule has 0 spiro atoms. The highest BCUT2D eigenvalue weighted by Gasteiger charge is 2.29. The Kier molecular flexibility index (Phi) is 6.60. The average molecular weight is 401 g/mol. The smallest absolute Gasteiger partial charge is 0.233 e. The van der Waals surface area contributed by atoms with Crippen LogP contribution in [0.15, 0.2) is 5.16 Å². The van der Waals surface area contributed by atoms with Gasteiger partial charge in [0.15, 0.2) is 15.0 Å². The van der Waals surface area contributed by atoms with Crippen molar-refractivity contribution in [1.29, 1.82) is 0 Å². The monoisotopic (exact) mass is 400 g/mol. The molecule has 2 saturated heterocycles. The summed E-state index contributed by atoms with van der Waals surface area (Å²) < 4.78 is 25.1. The van der Waals surface area contributed by atoms with Crippen molar-refractivity contribution in [2.75, 3.05) is 30.3 Å². The van der Waals surface area contributed by atoms with Crippen molar-refractivity contribution in [2.24, 2.45) is 13.0 Å². The van der Waals surface area contributed by atoms with Crippen molar-refractivity contribution >= 4 is 27.5 Å². The highest BCUT2D eigenvalue weighted by Crippen LogP contribution is 2.24. The van der Waals surface area contributed by atoms with E-state index < -0.39 is 9.84 Å². The largest absolute Gasteiger partial charge is 0.342 e. The number of thioether (sulfide) groups is 1. The molecule has 7 nitrogen and oxygen atoms in total. The number of hydrogen-bond acceptors (Lipinski definition) is 6. The van der Waals surface area contributed by atoms with Crippen LogP contribution in [0.25, 0.3) is 0 Å². The highest BCUT2D eigenvalue weighted by molar-refractivity contribution is 7.99. The van der Waals surface area contributed by atoms with Gasteiger partial charge in [-0.25, -0.2) is 8.42 Å². The molecule has 26 heavy (non-hydrogen) atoms. The second-order valence-corrected chi connectivity index (χ2v) is 10.5. The van der Waals surface area contributed by atoms with Gasteiger partial charge in [0.2, 0.25) is 5.91 Å². The van der Waals surface area contributed by atoms with Gasteiger partial charge in [0.1, 0.15) is 5.82 Å². The molecule has 0 aromatic carbocycles. The summed E-state index contributed by atoms with van der Waals surface area (Å²) in [6.45, 7) is 1.72. The van der Waals surface area contributed by atoms with E-state index in [-0.39, 0.29) is 23.3 Å². The van der Waals surface area contributed by atoms with Crippen LogP contribution in [0.5, 0.6) is 0 Å². The maximum absolute atomic E-state index is 12.5. The number of carbonyl (C=O) groups excluding carboxylic acids is 1. The third-order valence-electron chi connectivity index (χ3n) is 5.26. The first-order valence-electron chi connectivity index (χ1n) is 9.44. The standard InChI is InChI=1S/C17H28N4O3S2/c1-20-15(11-14-7-10-26(23,24)13-14)18-19-17(20)25-12-16(22)21-8-5-3-2-4-6-9-21/h14H,2-13H2,1H3/t14-/m0/s1. The van der Waals surface area contributed by atoms with Gasteiger partial charge in [-0.05, 0) is 25.2 Å². The molecule has 146 valence electrons. The van der Waals surface area contributed by atoms with Gasteiger partial charge in [0.25, 0.3) is 0 Å². The van der Waals surface area contributed by atoms with E-state index in [1.54, 1.807) is 0 Å². The van der Waals surface area contributed by atoms with Gasteiger partial charge < -0.3 is 9.47 Å². The quantitative estimate of drug-likeness (QED) is 0.699. The van der Waals surface area contributed by atoms with Crippen molar-refractivity contribution in [3.8, 4) is 0 Å². The molecule has 1 amide bonds. The topological polar surface area (TPSA) is 85.2 Å². The summed E-state index contributed by atoms with van der Waals surface area (Å²) in [5.74, 6) is 2.00. The third-order valence-corrected chi connectivity index (χ3v) is 8.10. The maximum atomic E-state index is 12.5. The molecule has 1 aromatic heterocycles. The lowest BCUT2D eigenvalue weighted by Gasteiger charge is -2.24. The van der Waals surface area contributed by atoms with Gasteiger partial charge in [0.05, 0.1) is 17.3 Å². The van der Waals surface area contributed by atoms with E-state index in [0.717, 1.165) is 36.9 Å². The Hall–Kier alpha value is -1.09. The molecule has 9 heteroatoms. The third kappa shape index (κ3) is 5.22. The Morgan fingerprint density at radius 2 is 1.85 bits per heavy atom. The predicted octanol–water partition coefficient (Wildman–Crippen LogP) is 1.68. The van der Waals surface area contributed by atoms with Gasteiger partial charge >= 0.3 is 0 Å². The first-order chi connectivity index (χ1) is 12.4. The summed E-state index contributed by atoms with van der Waals surface area (Å²) in [6, 6.07) is 0. The molecule has 0 radical (unpaired) electrons. The molecule has 2 aliphatic rings. The molecule has 1 atom stereocenters. The van der Waals surface area contributed by atoms with Crippen LogP contribution in [0, 0.1) is 5.92 Å². The lowest BCUT2D eigenvalue weighted by molar-refractivity contribution is -0.128. The lowest BCUT2D eigenvalue weighted by Crippen LogP contribution is -2.35. The van der Waals surface area contributed by atoms with Gasteiger partial charge in [-0.1, -0.05) is 31.0 Å². The number of sulfone groups is 1. The van der Waals surface area contributed by atoms with E-state index in [9.17, 15) is 13.2 Å². The molecule has 0 saturated carbocycles. The Balaban J connectivity index is 1.52. The number of nitrogens with zero attached hydrogens (tertiary/aromatic N) is 4. The lowest BCUT2D eigenvalue weighted by atomic mass is 10.1. The molecule has 3 rings (SSSR count). The normalized spacial score (nSPS) is 23.6. The van der Waals surface area contributed by atoms with Crippen LogP contribution in [-0.4, -0.2) is 64.3 Å². The zero-order valence-electron chi connectivity index (χ0n) is 15.4. The number of likely N-dealkylation sites (tertiary alicyclic amines) is 1. The Labute approximate surface area is 159 Å². The number of rotatable bonds is 5. The maximum Gasteiger partial charge on any atom is 0.233 e. The van der Waals surface area contributed by atoms with Crippen molar-refractivity contribution in [3.63, 3.8) is 0 Å². The van der Waals surface area contributed by atoms with E-state index in [2.05, 4.69) is 10.2 Å². The van der Waals surface area contributed by atoms with Crippen LogP contribution in [0.2, 0.25) is 0 Å². The fraction of sp³-hybridized carbons (Fsp3) is 0.824. The van der Waals surface area contributed by atoms with E-state index in [1.165, 1.54) is 31.0 Å². The van der Waals surface area contributed by atoms with Crippen molar-refractivity contribution in [3.05, 3.63) is 5.82 Å². The van der Waals surface area contributed by atoms with Gasteiger partial charge in [0, 0.05) is 26.6 Å². The Bertz CT molecular complexity index is 724.